The van der Waals surface area contributed by atoms with E-state index >= 15 is 0 Å². The summed E-state index contributed by atoms with van der Waals surface area (Å²) in [6.45, 7) is 7.99. The summed E-state index contributed by atoms with van der Waals surface area (Å²) in [6.07, 6.45) is 1.72. The summed E-state index contributed by atoms with van der Waals surface area (Å²) in [4.78, 5) is 25.2. The summed E-state index contributed by atoms with van der Waals surface area (Å²) < 4.78 is 7.11. The van der Waals surface area contributed by atoms with Gasteiger partial charge in [-0.15, -0.1) is 16.8 Å². The van der Waals surface area contributed by atoms with Crippen LogP contribution in [0, 0.1) is 6.92 Å². The van der Waals surface area contributed by atoms with Gasteiger partial charge in [0.1, 0.15) is 5.75 Å². The molecule has 0 saturated carbocycles. The number of methoxy groups -OCH3 is 1. The molecule has 1 heterocycles. The number of nitrogens with zero attached hydrogens (tertiary/aromatic N) is 3. The predicted octanol–water partition coefficient (Wildman–Crippen LogP) is 4.00. The van der Waals surface area contributed by atoms with Crippen LogP contribution in [0.5, 0.6) is 5.75 Å². The Morgan fingerprint density at radius 3 is 2.64 bits per heavy atom. The van der Waals surface area contributed by atoms with E-state index in [1.807, 2.05) is 48.7 Å². The summed E-state index contributed by atoms with van der Waals surface area (Å²) in [5.74, 6) is 0.937. The lowest BCUT2D eigenvalue weighted by molar-refractivity contribution is -0.113. The fourth-order valence-corrected chi connectivity index (χ4v) is 4.01. The molecule has 0 bridgehead atoms. The summed E-state index contributed by atoms with van der Waals surface area (Å²) >= 11 is 1.26. The minimum Gasteiger partial charge on any atom is -0.495 e. The summed E-state index contributed by atoms with van der Waals surface area (Å²) in [6, 6.07) is 14.2. The number of hydrogen-bond acceptors (Lipinski definition) is 6. The maximum atomic E-state index is 12.7. The Balaban J connectivity index is 1.68. The number of hydrogen-bond donors (Lipinski definition) is 2. The van der Waals surface area contributed by atoms with Gasteiger partial charge in [0.15, 0.2) is 11.0 Å². The van der Waals surface area contributed by atoms with Gasteiger partial charge >= 0.3 is 0 Å². The van der Waals surface area contributed by atoms with Crippen LogP contribution in [-0.2, 0) is 11.3 Å². The highest BCUT2D eigenvalue weighted by atomic mass is 32.2. The van der Waals surface area contributed by atoms with Gasteiger partial charge in [0.25, 0.3) is 5.91 Å². The van der Waals surface area contributed by atoms with Crippen molar-refractivity contribution in [2.24, 2.45) is 0 Å². The number of rotatable bonds is 10. The van der Waals surface area contributed by atoms with Gasteiger partial charge in [0.2, 0.25) is 5.91 Å². The number of benzene rings is 2. The standard InChI is InChI=1S/C24H27N5O3S/c1-5-14-29-22(17(3)25-23(31)18-11-7-6-10-16(18)2)27-28-24(29)33-15-21(30)26-19-12-8-9-13-20(19)32-4/h5-13,17H,1,14-15H2,2-4H3,(H,25,31)(H,26,30)/t17-/m0/s1. The third kappa shape index (κ3) is 6.01. The highest BCUT2D eigenvalue weighted by Crippen LogP contribution is 2.25. The lowest BCUT2D eigenvalue weighted by atomic mass is 10.1. The second kappa shape index (κ2) is 11.3. The molecular formula is C24H27N5O3S. The zero-order valence-corrected chi connectivity index (χ0v) is 19.7. The summed E-state index contributed by atoms with van der Waals surface area (Å²) in [5.41, 5.74) is 2.11. The molecule has 0 unspecified atom stereocenters. The number of allylic oxidation sites excluding steroid dienone is 1. The van der Waals surface area contributed by atoms with Crippen molar-refractivity contribution in [1.82, 2.24) is 20.1 Å². The van der Waals surface area contributed by atoms with E-state index in [2.05, 4.69) is 27.4 Å². The van der Waals surface area contributed by atoms with Crippen LogP contribution in [0.4, 0.5) is 5.69 Å². The van der Waals surface area contributed by atoms with E-state index in [9.17, 15) is 9.59 Å². The van der Waals surface area contributed by atoms with E-state index in [4.69, 9.17) is 4.74 Å². The molecule has 0 radical (unpaired) electrons. The second-order valence-corrected chi connectivity index (χ2v) is 8.23. The van der Waals surface area contributed by atoms with E-state index in [1.165, 1.54) is 11.8 Å². The van der Waals surface area contributed by atoms with Crippen molar-refractivity contribution in [3.05, 3.63) is 78.1 Å². The van der Waals surface area contributed by atoms with Crippen LogP contribution < -0.4 is 15.4 Å². The van der Waals surface area contributed by atoms with Crippen molar-refractivity contribution < 1.29 is 14.3 Å². The van der Waals surface area contributed by atoms with Crippen LogP contribution >= 0.6 is 11.8 Å². The maximum absolute atomic E-state index is 12.7. The molecule has 2 amide bonds. The fourth-order valence-electron chi connectivity index (χ4n) is 3.26. The third-order valence-corrected chi connectivity index (χ3v) is 5.86. The Hall–Kier alpha value is -3.59. The van der Waals surface area contributed by atoms with E-state index < -0.39 is 0 Å². The number of aryl methyl sites for hydroxylation is 1. The van der Waals surface area contributed by atoms with Crippen LogP contribution in [0.2, 0.25) is 0 Å². The average molecular weight is 466 g/mol. The molecule has 8 nitrogen and oxygen atoms in total. The normalized spacial score (nSPS) is 11.5. The van der Waals surface area contributed by atoms with E-state index in [1.54, 1.807) is 31.4 Å². The first kappa shape index (κ1) is 24.1. The maximum Gasteiger partial charge on any atom is 0.252 e. The monoisotopic (exact) mass is 465 g/mol. The van der Waals surface area contributed by atoms with Crippen molar-refractivity contribution in [2.45, 2.75) is 31.6 Å². The molecule has 2 N–H and O–H groups in total. The topological polar surface area (TPSA) is 98.1 Å². The fraction of sp³-hybridized carbons (Fsp3) is 0.250. The SMILES string of the molecule is C=CCn1c(SCC(=O)Nc2ccccc2OC)nnc1[C@H](C)NC(=O)c1ccccc1C. The number of ether oxygens (including phenoxy) is 1. The first-order valence-electron chi connectivity index (χ1n) is 10.4. The van der Waals surface area contributed by atoms with Gasteiger partial charge in [-0.05, 0) is 37.6 Å². The Bertz CT molecular complexity index is 1140. The van der Waals surface area contributed by atoms with Crippen molar-refractivity contribution in [1.29, 1.82) is 0 Å². The number of carbonyl (C=O) groups excluding carboxylic acids is 2. The van der Waals surface area contributed by atoms with Crippen molar-refractivity contribution in [3.63, 3.8) is 0 Å². The molecule has 1 atom stereocenters. The molecule has 0 aliphatic rings. The van der Waals surface area contributed by atoms with Gasteiger partial charge in [0, 0.05) is 12.1 Å². The number of para-hydroxylation sites is 2. The molecule has 0 saturated heterocycles. The van der Waals surface area contributed by atoms with Crippen LogP contribution in [0.1, 0.15) is 34.7 Å². The second-order valence-electron chi connectivity index (χ2n) is 7.29. The zero-order chi connectivity index (χ0) is 23.8. The molecule has 1 aromatic heterocycles. The molecule has 3 rings (SSSR count). The zero-order valence-electron chi connectivity index (χ0n) is 18.9. The Labute approximate surface area is 197 Å². The number of amides is 2. The molecule has 172 valence electrons. The highest BCUT2D eigenvalue weighted by Gasteiger charge is 2.21. The molecule has 2 aromatic carbocycles. The largest absolute Gasteiger partial charge is 0.495 e. The van der Waals surface area contributed by atoms with Crippen LogP contribution in [0.15, 0.2) is 66.3 Å². The van der Waals surface area contributed by atoms with E-state index in [0.29, 0.717) is 34.5 Å². The number of thioether (sulfide) groups is 1. The average Bonchev–Trinajstić information content (AvgIpc) is 3.21. The first-order chi connectivity index (χ1) is 15.9. The lowest BCUT2D eigenvalue weighted by Crippen LogP contribution is -2.29. The molecule has 9 heteroatoms. The summed E-state index contributed by atoms with van der Waals surface area (Å²) in [7, 11) is 1.55. The molecule has 33 heavy (non-hydrogen) atoms. The smallest absolute Gasteiger partial charge is 0.252 e. The molecule has 3 aromatic rings. The van der Waals surface area contributed by atoms with Gasteiger partial charge in [-0.1, -0.05) is 48.2 Å². The molecule has 0 aliphatic carbocycles. The Morgan fingerprint density at radius 2 is 1.91 bits per heavy atom. The summed E-state index contributed by atoms with van der Waals surface area (Å²) in [5, 5.41) is 14.9. The number of nitrogens with one attached hydrogen (secondary N) is 2. The van der Waals surface area contributed by atoms with Crippen molar-refractivity contribution in [3.8, 4) is 5.75 Å². The van der Waals surface area contributed by atoms with Gasteiger partial charge in [-0.3, -0.25) is 9.59 Å². The van der Waals surface area contributed by atoms with Crippen LogP contribution in [0.3, 0.4) is 0 Å². The Morgan fingerprint density at radius 1 is 1.18 bits per heavy atom. The molecular weight excluding hydrogens is 438 g/mol. The minimum atomic E-state index is -0.388. The van der Waals surface area contributed by atoms with Gasteiger partial charge in [0.05, 0.1) is 24.6 Å². The quantitative estimate of drug-likeness (QED) is 0.347. The van der Waals surface area contributed by atoms with E-state index in [-0.39, 0.29) is 23.6 Å². The number of carbonyl (C=O) groups is 2. The third-order valence-electron chi connectivity index (χ3n) is 4.90. The molecule has 0 fully saturated rings. The molecule has 0 aliphatic heterocycles. The minimum absolute atomic E-state index is 0.136. The van der Waals surface area contributed by atoms with Crippen LogP contribution in [0.25, 0.3) is 0 Å². The number of aromatic nitrogens is 3. The van der Waals surface area contributed by atoms with Gasteiger partial charge < -0.3 is 19.9 Å². The Kier molecular flexibility index (Phi) is 8.26. The number of anilines is 1. The first-order valence-corrected chi connectivity index (χ1v) is 11.4. The lowest BCUT2D eigenvalue weighted by Gasteiger charge is -2.16. The van der Waals surface area contributed by atoms with Crippen molar-refractivity contribution >= 4 is 29.3 Å². The molecule has 0 spiro atoms. The van der Waals surface area contributed by atoms with Gasteiger partial charge in [-0.25, -0.2) is 0 Å². The van der Waals surface area contributed by atoms with Crippen molar-refractivity contribution in [2.75, 3.05) is 18.2 Å². The predicted molar refractivity (Wildman–Crippen MR) is 130 cm³/mol. The van der Waals surface area contributed by atoms with Crippen LogP contribution in [-0.4, -0.2) is 39.4 Å². The van der Waals surface area contributed by atoms with Gasteiger partial charge in [-0.2, -0.15) is 0 Å². The van der Waals surface area contributed by atoms with E-state index in [0.717, 1.165) is 5.56 Å². The highest BCUT2D eigenvalue weighted by molar-refractivity contribution is 7.99.